The van der Waals surface area contributed by atoms with Crippen LogP contribution in [0.1, 0.15) is 78.8 Å². The Morgan fingerprint density at radius 3 is 2.67 bits per heavy atom. The van der Waals surface area contributed by atoms with Gasteiger partial charge in [-0.15, -0.1) is 0 Å². The van der Waals surface area contributed by atoms with Crippen LogP contribution in [0.5, 0.6) is 0 Å². The molecule has 2 heterocycles. The highest BCUT2D eigenvalue weighted by molar-refractivity contribution is 5.86. The Hall–Kier alpha value is -2.62. The van der Waals surface area contributed by atoms with Gasteiger partial charge in [0.1, 0.15) is 12.1 Å². The molecule has 1 saturated carbocycles. The highest BCUT2D eigenvalue weighted by atomic mass is 16.1. The maximum absolute atomic E-state index is 11.6. The number of benzene rings is 2. The number of hydrogen-bond donors (Lipinski definition) is 0. The molecule has 1 aliphatic carbocycles. The fourth-order valence-corrected chi connectivity index (χ4v) is 5.47. The number of fused-ring (bicyclic) bond motifs is 3. The van der Waals surface area contributed by atoms with E-state index in [0.717, 1.165) is 29.7 Å². The van der Waals surface area contributed by atoms with E-state index in [9.17, 15) is 4.79 Å². The minimum absolute atomic E-state index is 0.514. The van der Waals surface area contributed by atoms with Gasteiger partial charge in [0.2, 0.25) is 0 Å². The van der Waals surface area contributed by atoms with Gasteiger partial charge in [0.25, 0.3) is 0 Å². The molecule has 0 amide bonds. The summed E-state index contributed by atoms with van der Waals surface area (Å²) in [5.41, 5.74) is 7.02. The van der Waals surface area contributed by atoms with Gasteiger partial charge in [-0.25, -0.2) is 4.98 Å². The summed E-state index contributed by atoms with van der Waals surface area (Å²) < 4.78 is 2.52. The van der Waals surface area contributed by atoms with Gasteiger partial charge < -0.3 is 9.47 Å². The van der Waals surface area contributed by atoms with Crippen molar-refractivity contribution in [3.05, 3.63) is 58.9 Å². The molecule has 3 aromatic rings. The van der Waals surface area contributed by atoms with Crippen molar-refractivity contribution < 1.29 is 4.79 Å². The van der Waals surface area contributed by atoms with Crippen molar-refractivity contribution in [2.45, 2.75) is 70.4 Å². The van der Waals surface area contributed by atoms with E-state index < -0.39 is 0 Å². The number of carbonyl (C=O) groups is 1. The molecule has 2 aromatic carbocycles. The molecule has 0 saturated heterocycles. The first kappa shape index (κ1) is 19.3. The Kier molecular flexibility index (Phi) is 5.10. The predicted octanol–water partition coefficient (Wildman–Crippen LogP) is 5.72. The molecule has 4 nitrogen and oxygen atoms in total. The molecular weight excluding hydrogens is 370 g/mol. The third-order valence-electron chi connectivity index (χ3n) is 7.34. The van der Waals surface area contributed by atoms with Gasteiger partial charge in [0.05, 0.1) is 11.0 Å². The van der Waals surface area contributed by atoms with E-state index in [2.05, 4.69) is 41.6 Å². The highest BCUT2D eigenvalue weighted by Crippen LogP contribution is 2.39. The molecule has 0 radical (unpaired) electrons. The summed E-state index contributed by atoms with van der Waals surface area (Å²) in [6.45, 7) is 2.30. The van der Waals surface area contributed by atoms with Crippen LogP contribution in [0.25, 0.3) is 11.0 Å². The third kappa shape index (κ3) is 3.23. The SMILES string of the molecule is CC1CCc2c(ccc3c2nc(Cc2ccccc2C=O)n3C2CCCCC2)N1C. The van der Waals surface area contributed by atoms with E-state index in [0.29, 0.717) is 18.5 Å². The Morgan fingerprint density at radius 1 is 1.07 bits per heavy atom. The van der Waals surface area contributed by atoms with Crippen LogP contribution in [-0.4, -0.2) is 28.9 Å². The van der Waals surface area contributed by atoms with E-state index in [-0.39, 0.29) is 0 Å². The largest absolute Gasteiger partial charge is 0.372 e. The lowest BCUT2D eigenvalue weighted by Gasteiger charge is -2.34. The first-order valence-electron chi connectivity index (χ1n) is 11.5. The van der Waals surface area contributed by atoms with Crippen molar-refractivity contribution in [3.8, 4) is 0 Å². The zero-order valence-corrected chi connectivity index (χ0v) is 18.1. The summed E-state index contributed by atoms with van der Waals surface area (Å²) in [5.74, 6) is 1.11. The third-order valence-corrected chi connectivity index (χ3v) is 7.34. The molecule has 156 valence electrons. The van der Waals surface area contributed by atoms with Gasteiger partial charge in [-0.2, -0.15) is 0 Å². The molecule has 0 bridgehead atoms. The van der Waals surface area contributed by atoms with Crippen LogP contribution in [0.15, 0.2) is 36.4 Å². The maximum atomic E-state index is 11.6. The molecular formula is C26H31N3O. The summed E-state index contributed by atoms with van der Waals surface area (Å²) in [5, 5.41) is 0. The smallest absolute Gasteiger partial charge is 0.150 e. The van der Waals surface area contributed by atoms with Crippen LogP contribution in [0.3, 0.4) is 0 Å². The van der Waals surface area contributed by atoms with E-state index in [4.69, 9.17) is 4.98 Å². The average Bonchev–Trinajstić information content (AvgIpc) is 3.15. The molecule has 0 N–H and O–H groups in total. The molecule has 1 aliphatic heterocycles. The summed E-state index contributed by atoms with van der Waals surface area (Å²) in [4.78, 5) is 19.3. The first-order chi connectivity index (χ1) is 14.7. The van der Waals surface area contributed by atoms with Gasteiger partial charge >= 0.3 is 0 Å². The minimum atomic E-state index is 0.514. The predicted molar refractivity (Wildman–Crippen MR) is 123 cm³/mol. The lowest BCUT2D eigenvalue weighted by molar-refractivity contribution is 0.112. The first-order valence-corrected chi connectivity index (χ1v) is 11.5. The second-order valence-corrected chi connectivity index (χ2v) is 9.11. The second kappa shape index (κ2) is 7.90. The molecule has 1 unspecified atom stereocenters. The molecule has 1 atom stereocenters. The van der Waals surface area contributed by atoms with Crippen molar-refractivity contribution in [2.75, 3.05) is 11.9 Å². The fourth-order valence-electron chi connectivity index (χ4n) is 5.47. The number of imidazole rings is 1. The van der Waals surface area contributed by atoms with E-state index in [1.54, 1.807) is 0 Å². The molecule has 2 aliphatic rings. The van der Waals surface area contributed by atoms with Crippen LogP contribution >= 0.6 is 0 Å². The van der Waals surface area contributed by atoms with E-state index >= 15 is 0 Å². The van der Waals surface area contributed by atoms with Crippen LogP contribution in [0.4, 0.5) is 5.69 Å². The van der Waals surface area contributed by atoms with Crippen LogP contribution in [0, 0.1) is 0 Å². The van der Waals surface area contributed by atoms with Crippen molar-refractivity contribution >= 4 is 23.0 Å². The Balaban J connectivity index is 1.67. The van der Waals surface area contributed by atoms with Crippen molar-refractivity contribution in [1.29, 1.82) is 0 Å². The van der Waals surface area contributed by atoms with Gasteiger partial charge in [0, 0.05) is 42.4 Å². The average molecular weight is 402 g/mol. The molecule has 5 rings (SSSR count). The van der Waals surface area contributed by atoms with Gasteiger partial charge in [0.15, 0.2) is 0 Å². The number of aldehydes is 1. The minimum Gasteiger partial charge on any atom is -0.372 e. The van der Waals surface area contributed by atoms with Crippen LogP contribution in [-0.2, 0) is 12.8 Å². The van der Waals surface area contributed by atoms with Gasteiger partial charge in [-0.05, 0) is 50.3 Å². The normalized spacial score (nSPS) is 19.8. The van der Waals surface area contributed by atoms with Crippen molar-refractivity contribution in [2.24, 2.45) is 0 Å². The van der Waals surface area contributed by atoms with Crippen molar-refractivity contribution in [3.63, 3.8) is 0 Å². The zero-order valence-electron chi connectivity index (χ0n) is 18.1. The number of hydrogen-bond acceptors (Lipinski definition) is 3. The van der Waals surface area contributed by atoms with Crippen molar-refractivity contribution in [1.82, 2.24) is 9.55 Å². The van der Waals surface area contributed by atoms with Crippen LogP contribution < -0.4 is 4.90 Å². The number of rotatable bonds is 4. The van der Waals surface area contributed by atoms with Gasteiger partial charge in [-0.3, -0.25) is 4.79 Å². The number of carbonyl (C=O) groups excluding carboxylic acids is 1. The summed E-state index contributed by atoms with van der Waals surface area (Å²) in [6.07, 6.45) is 10.3. The maximum Gasteiger partial charge on any atom is 0.150 e. The monoisotopic (exact) mass is 401 g/mol. The standard InChI is InChI=1S/C26H31N3O/c1-18-12-13-22-23(28(18)2)14-15-24-26(22)27-25(29(24)21-10-4-3-5-11-21)16-19-8-6-7-9-20(19)17-30/h6-9,14-15,17-18,21H,3-5,10-13,16H2,1-2H3. The van der Waals surface area contributed by atoms with Gasteiger partial charge in [-0.1, -0.05) is 43.5 Å². The topological polar surface area (TPSA) is 38.1 Å². The quantitative estimate of drug-likeness (QED) is 0.525. The fraction of sp³-hybridized carbons (Fsp3) is 0.462. The number of anilines is 1. The lowest BCUT2D eigenvalue weighted by atomic mass is 9.94. The zero-order chi connectivity index (χ0) is 20.7. The van der Waals surface area contributed by atoms with E-state index in [1.165, 1.54) is 60.8 Å². The summed E-state index contributed by atoms with van der Waals surface area (Å²) in [6, 6.07) is 13.6. The molecule has 30 heavy (non-hydrogen) atoms. The number of aryl methyl sites for hydroxylation is 1. The number of nitrogens with zero attached hydrogens (tertiary/aromatic N) is 3. The highest BCUT2D eigenvalue weighted by Gasteiger charge is 2.27. The lowest BCUT2D eigenvalue weighted by Crippen LogP contribution is -2.33. The molecule has 4 heteroatoms. The Labute approximate surface area is 178 Å². The molecule has 1 aromatic heterocycles. The summed E-state index contributed by atoms with van der Waals surface area (Å²) in [7, 11) is 2.20. The van der Waals surface area contributed by atoms with Crippen LogP contribution in [0.2, 0.25) is 0 Å². The molecule has 1 fully saturated rings. The Bertz CT molecular complexity index is 1080. The molecule has 0 spiro atoms. The Morgan fingerprint density at radius 2 is 1.87 bits per heavy atom. The number of aromatic nitrogens is 2. The van der Waals surface area contributed by atoms with E-state index in [1.807, 2.05) is 18.2 Å². The summed E-state index contributed by atoms with van der Waals surface area (Å²) >= 11 is 0. The second-order valence-electron chi connectivity index (χ2n) is 9.11.